The molecule has 3 aromatic heterocycles. The molecule has 0 saturated heterocycles. The van der Waals surface area contributed by atoms with Gasteiger partial charge in [-0.2, -0.15) is 0 Å². The number of pyridine rings is 1. The van der Waals surface area contributed by atoms with Gasteiger partial charge in [-0.25, -0.2) is 15.0 Å². The molecule has 0 aromatic carbocycles. The molecule has 1 amide bonds. The first-order valence-corrected chi connectivity index (χ1v) is 13.0. The third-order valence-electron chi connectivity index (χ3n) is 5.34. The second-order valence-electron chi connectivity index (χ2n) is 10.2. The van der Waals surface area contributed by atoms with Crippen LogP contribution in [0.15, 0.2) is 37.2 Å². The summed E-state index contributed by atoms with van der Waals surface area (Å²) >= 11 is 0. The van der Waals surface area contributed by atoms with E-state index in [0.717, 1.165) is 35.6 Å². The van der Waals surface area contributed by atoms with E-state index in [-0.39, 0.29) is 10.9 Å². The number of carbonyl (C=O) groups excluding carboxylic acids is 1. The fourth-order valence-corrected chi connectivity index (χ4v) is 4.27. The van der Waals surface area contributed by atoms with Gasteiger partial charge >= 0.3 is 0 Å². The summed E-state index contributed by atoms with van der Waals surface area (Å²) in [5.41, 5.74) is 3.73. The minimum Gasteiger partial charge on any atom is -0.415 e. The standard InChI is InChI=1S/C24H37N7O2Si/c1-23(2,3)34-33-24(4,5)17-10-20(14-25-8-6-18-12-26-15-29-18)31-21(11-17)22(32)28-9-7-19-13-27-16-30-19/h10-13,15-16,25H,6-9,14,34H2,1-5H3,(H,26,29)(H,27,30)(H,28,32). The molecule has 0 bridgehead atoms. The Hall–Kier alpha value is -2.82. The molecule has 3 rings (SSSR count). The van der Waals surface area contributed by atoms with Crippen LogP contribution in [0.2, 0.25) is 5.04 Å². The zero-order valence-corrected chi connectivity index (χ0v) is 22.3. The normalized spacial score (nSPS) is 12.5. The molecule has 3 aromatic rings. The van der Waals surface area contributed by atoms with Crippen LogP contribution in [-0.4, -0.2) is 53.7 Å². The molecule has 0 saturated carbocycles. The van der Waals surface area contributed by atoms with Crippen molar-refractivity contribution in [1.82, 2.24) is 35.6 Å². The van der Waals surface area contributed by atoms with E-state index >= 15 is 0 Å². The van der Waals surface area contributed by atoms with E-state index in [2.05, 4.69) is 70.2 Å². The lowest BCUT2D eigenvalue weighted by Gasteiger charge is -2.31. The van der Waals surface area contributed by atoms with E-state index < -0.39 is 15.4 Å². The summed E-state index contributed by atoms with van der Waals surface area (Å²) in [5.74, 6) is -0.191. The molecule has 0 radical (unpaired) electrons. The highest BCUT2D eigenvalue weighted by molar-refractivity contribution is 6.31. The SMILES string of the molecule is CC(C)(C)[SiH2]OC(C)(C)c1cc(CNCCc2cnc[nH]2)nc(C(=O)NCCc2cnc[nH]2)c1. The molecule has 0 unspecified atom stereocenters. The first kappa shape index (κ1) is 25.8. The van der Waals surface area contributed by atoms with E-state index in [1.807, 2.05) is 18.3 Å². The largest absolute Gasteiger partial charge is 0.415 e. The lowest BCUT2D eigenvalue weighted by atomic mass is 9.97. The fourth-order valence-electron chi connectivity index (χ4n) is 3.31. The van der Waals surface area contributed by atoms with Gasteiger partial charge in [-0.15, -0.1) is 0 Å². The fraction of sp³-hybridized carbons (Fsp3) is 0.500. The summed E-state index contributed by atoms with van der Waals surface area (Å²) in [5, 5.41) is 6.56. The van der Waals surface area contributed by atoms with Gasteiger partial charge in [0.25, 0.3) is 5.91 Å². The number of carbonyl (C=O) groups is 1. The van der Waals surface area contributed by atoms with Crippen LogP contribution in [0.5, 0.6) is 0 Å². The average molecular weight is 484 g/mol. The molecule has 0 aliphatic heterocycles. The van der Waals surface area contributed by atoms with Crippen molar-refractivity contribution in [3.63, 3.8) is 0 Å². The van der Waals surface area contributed by atoms with Gasteiger partial charge in [0.15, 0.2) is 9.76 Å². The van der Waals surface area contributed by atoms with Gasteiger partial charge in [0.2, 0.25) is 0 Å². The maximum absolute atomic E-state index is 12.9. The summed E-state index contributed by atoms with van der Waals surface area (Å²) in [6.45, 7) is 12.6. The molecular weight excluding hydrogens is 446 g/mol. The molecule has 34 heavy (non-hydrogen) atoms. The summed E-state index contributed by atoms with van der Waals surface area (Å²) < 4.78 is 6.41. The molecule has 10 heteroatoms. The molecular formula is C24H37N7O2Si. The smallest absolute Gasteiger partial charge is 0.269 e. The number of hydrogen-bond acceptors (Lipinski definition) is 6. The number of imidazole rings is 2. The molecule has 184 valence electrons. The highest BCUT2D eigenvalue weighted by Gasteiger charge is 2.26. The monoisotopic (exact) mass is 483 g/mol. The summed E-state index contributed by atoms with van der Waals surface area (Å²) in [7, 11) is -0.779. The highest BCUT2D eigenvalue weighted by Crippen LogP contribution is 2.30. The van der Waals surface area contributed by atoms with Crippen LogP contribution in [0, 0.1) is 0 Å². The van der Waals surface area contributed by atoms with Crippen LogP contribution in [0.1, 0.15) is 67.8 Å². The Balaban J connectivity index is 1.70. The minimum atomic E-state index is -0.779. The molecule has 3 heterocycles. The Bertz CT molecular complexity index is 1030. The average Bonchev–Trinajstić information content (AvgIpc) is 3.49. The first-order valence-electron chi connectivity index (χ1n) is 11.7. The number of nitrogens with zero attached hydrogens (tertiary/aromatic N) is 3. The molecule has 0 spiro atoms. The zero-order chi connectivity index (χ0) is 24.6. The summed E-state index contributed by atoms with van der Waals surface area (Å²) in [6, 6.07) is 3.90. The van der Waals surface area contributed by atoms with E-state index in [1.165, 1.54) is 0 Å². The third-order valence-corrected chi connectivity index (χ3v) is 7.07. The number of nitrogens with one attached hydrogen (secondary N) is 4. The molecule has 4 N–H and O–H groups in total. The van der Waals surface area contributed by atoms with Crippen LogP contribution in [0.3, 0.4) is 0 Å². The highest BCUT2D eigenvalue weighted by atomic mass is 28.2. The van der Waals surface area contributed by atoms with E-state index in [0.29, 0.717) is 25.2 Å². The van der Waals surface area contributed by atoms with E-state index in [1.54, 1.807) is 18.9 Å². The van der Waals surface area contributed by atoms with Crippen LogP contribution in [-0.2, 0) is 29.4 Å². The second kappa shape index (κ2) is 11.5. The van der Waals surface area contributed by atoms with Crippen molar-refractivity contribution in [2.45, 2.75) is 64.6 Å². The van der Waals surface area contributed by atoms with Crippen molar-refractivity contribution in [2.75, 3.05) is 13.1 Å². The predicted octanol–water partition coefficient (Wildman–Crippen LogP) is 2.39. The minimum absolute atomic E-state index is 0.175. The van der Waals surface area contributed by atoms with Crippen LogP contribution >= 0.6 is 0 Å². The Morgan fingerprint density at radius 1 is 1.00 bits per heavy atom. The van der Waals surface area contributed by atoms with Crippen LogP contribution < -0.4 is 10.6 Å². The van der Waals surface area contributed by atoms with E-state index in [4.69, 9.17) is 4.43 Å². The van der Waals surface area contributed by atoms with Crippen LogP contribution in [0.25, 0.3) is 0 Å². The van der Waals surface area contributed by atoms with Crippen molar-refractivity contribution in [3.8, 4) is 0 Å². The van der Waals surface area contributed by atoms with Crippen LogP contribution in [0.4, 0.5) is 0 Å². The Labute approximate surface area is 203 Å². The molecule has 0 aliphatic carbocycles. The Morgan fingerprint density at radius 3 is 2.24 bits per heavy atom. The van der Waals surface area contributed by atoms with Gasteiger partial charge in [0.05, 0.1) is 23.9 Å². The quantitative estimate of drug-likeness (QED) is 0.232. The number of H-pyrrole nitrogens is 2. The lowest BCUT2D eigenvalue weighted by molar-refractivity contribution is 0.0945. The van der Waals surface area contributed by atoms with E-state index in [9.17, 15) is 4.79 Å². The molecule has 9 nitrogen and oxygen atoms in total. The van der Waals surface area contributed by atoms with Gasteiger partial charge in [0, 0.05) is 56.3 Å². The first-order chi connectivity index (χ1) is 16.1. The number of aromatic amines is 2. The summed E-state index contributed by atoms with van der Waals surface area (Å²) in [4.78, 5) is 31.8. The lowest BCUT2D eigenvalue weighted by Crippen LogP contribution is -2.31. The zero-order valence-electron chi connectivity index (χ0n) is 20.9. The van der Waals surface area contributed by atoms with Crippen molar-refractivity contribution < 1.29 is 9.22 Å². The predicted molar refractivity (Wildman–Crippen MR) is 135 cm³/mol. The molecule has 0 fully saturated rings. The van der Waals surface area contributed by atoms with Gasteiger partial charge in [-0.1, -0.05) is 20.8 Å². The maximum Gasteiger partial charge on any atom is 0.269 e. The number of aromatic nitrogens is 5. The third kappa shape index (κ3) is 8.19. The molecule has 0 aliphatic rings. The number of hydrogen-bond donors (Lipinski definition) is 4. The van der Waals surface area contributed by atoms with Gasteiger partial charge < -0.3 is 25.0 Å². The Kier molecular flexibility index (Phi) is 8.76. The van der Waals surface area contributed by atoms with Gasteiger partial charge in [0.1, 0.15) is 5.69 Å². The molecule has 0 atom stereocenters. The van der Waals surface area contributed by atoms with Crippen molar-refractivity contribution in [2.24, 2.45) is 0 Å². The number of amides is 1. The van der Waals surface area contributed by atoms with Gasteiger partial charge in [-0.3, -0.25) is 4.79 Å². The van der Waals surface area contributed by atoms with Crippen molar-refractivity contribution in [3.05, 3.63) is 65.5 Å². The maximum atomic E-state index is 12.9. The Morgan fingerprint density at radius 2 is 1.65 bits per heavy atom. The summed E-state index contributed by atoms with van der Waals surface area (Å²) in [6.07, 6.45) is 8.42. The van der Waals surface area contributed by atoms with Gasteiger partial charge in [-0.05, 0) is 36.6 Å². The number of rotatable bonds is 12. The van der Waals surface area contributed by atoms with Crippen molar-refractivity contribution in [1.29, 1.82) is 0 Å². The topological polar surface area (TPSA) is 121 Å². The second-order valence-corrected chi connectivity index (χ2v) is 12.9. The van der Waals surface area contributed by atoms with Crippen molar-refractivity contribution >= 4 is 15.7 Å².